The number of carboxylic acid groups (broad SMARTS) is 1. The molecule has 4 nitrogen and oxygen atoms in total. The number of hydrogen-bond acceptors (Lipinski definition) is 2. The molecule has 0 radical (unpaired) electrons. The quantitative estimate of drug-likeness (QED) is 0.737. The molecule has 1 fully saturated rings. The van der Waals surface area contributed by atoms with Gasteiger partial charge in [-0.2, -0.15) is 0 Å². The summed E-state index contributed by atoms with van der Waals surface area (Å²) in [5, 5.41) is 11.2. The molecule has 94 valence electrons. The Hall–Kier alpha value is -2.36. The third kappa shape index (κ3) is 1.53. The molecule has 1 saturated carbocycles. The van der Waals surface area contributed by atoms with Crippen LogP contribution in [0.5, 0.6) is 0 Å². The number of carboxylic acids is 1. The Kier molecular flexibility index (Phi) is 1.98. The van der Waals surface area contributed by atoms with Crippen LogP contribution in [0.4, 0.5) is 0 Å². The maximum absolute atomic E-state index is 10.9. The first-order valence-electron chi connectivity index (χ1n) is 6.32. The normalized spacial score (nSPS) is 21.9. The third-order valence-corrected chi connectivity index (χ3v) is 3.96. The summed E-state index contributed by atoms with van der Waals surface area (Å²) >= 11 is 0. The van der Waals surface area contributed by atoms with Crippen LogP contribution in [-0.2, 0) is 4.79 Å². The van der Waals surface area contributed by atoms with Crippen molar-refractivity contribution >= 4 is 27.8 Å². The number of hydrogen-bond donors (Lipinski definition) is 2. The van der Waals surface area contributed by atoms with Crippen LogP contribution in [0.15, 0.2) is 36.7 Å². The molecule has 1 aliphatic rings. The second-order valence-corrected chi connectivity index (χ2v) is 5.14. The van der Waals surface area contributed by atoms with Crippen molar-refractivity contribution in [2.24, 2.45) is 5.92 Å². The lowest BCUT2D eigenvalue weighted by atomic mass is 10.1. The minimum Gasteiger partial charge on any atom is -0.481 e. The van der Waals surface area contributed by atoms with Crippen molar-refractivity contribution in [3.05, 3.63) is 42.2 Å². The number of aromatic nitrogens is 2. The molecule has 2 atom stereocenters. The minimum absolute atomic E-state index is 0.173. The number of H-pyrrole nitrogens is 1. The second-order valence-electron chi connectivity index (χ2n) is 5.14. The molecule has 0 spiro atoms. The van der Waals surface area contributed by atoms with Gasteiger partial charge in [-0.1, -0.05) is 12.1 Å². The number of pyridine rings is 1. The zero-order valence-corrected chi connectivity index (χ0v) is 10.1. The van der Waals surface area contributed by atoms with E-state index >= 15 is 0 Å². The highest BCUT2D eigenvalue weighted by Crippen LogP contribution is 2.48. The van der Waals surface area contributed by atoms with E-state index in [4.69, 9.17) is 5.11 Å². The van der Waals surface area contributed by atoms with Gasteiger partial charge in [0.15, 0.2) is 0 Å². The zero-order valence-electron chi connectivity index (χ0n) is 10.1. The average Bonchev–Trinajstić information content (AvgIpc) is 3.13. The van der Waals surface area contributed by atoms with Gasteiger partial charge in [0.2, 0.25) is 0 Å². The Balaban J connectivity index is 1.84. The molecule has 0 amide bonds. The smallest absolute Gasteiger partial charge is 0.307 e. The lowest BCUT2D eigenvalue weighted by Crippen LogP contribution is -1.98. The van der Waals surface area contributed by atoms with Gasteiger partial charge in [-0.3, -0.25) is 9.78 Å². The maximum Gasteiger partial charge on any atom is 0.307 e. The van der Waals surface area contributed by atoms with E-state index in [1.165, 1.54) is 0 Å². The van der Waals surface area contributed by atoms with Gasteiger partial charge in [0, 0.05) is 34.2 Å². The lowest BCUT2D eigenvalue weighted by molar-refractivity contribution is -0.138. The Morgan fingerprint density at radius 2 is 2.16 bits per heavy atom. The van der Waals surface area contributed by atoms with E-state index in [1.54, 1.807) is 6.20 Å². The van der Waals surface area contributed by atoms with E-state index in [9.17, 15) is 4.79 Å². The maximum atomic E-state index is 10.9. The van der Waals surface area contributed by atoms with Crippen LogP contribution in [0.25, 0.3) is 21.8 Å². The Bertz CT molecular complexity index is 806. The van der Waals surface area contributed by atoms with E-state index in [2.05, 4.69) is 22.1 Å². The Labute approximate surface area is 109 Å². The molecule has 19 heavy (non-hydrogen) atoms. The van der Waals surface area contributed by atoms with E-state index in [0.717, 1.165) is 33.8 Å². The predicted octanol–water partition coefficient (Wildman–Crippen LogP) is 2.90. The molecule has 2 N–H and O–H groups in total. The molecule has 2 unspecified atom stereocenters. The summed E-state index contributed by atoms with van der Waals surface area (Å²) in [7, 11) is 0. The van der Waals surface area contributed by atoms with Gasteiger partial charge >= 0.3 is 5.97 Å². The first kappa shape index (κ1) is 10.6. The molecule has 3 aromatic rings. The molecule has 0 bridgehead atoms. The highest BCUT2D eigenvalue weighted by atomic mass is 16.4. The first-order valence-corrected chi connectivity index (χ1v) is 6.32. The van der Waals surface area contributed by atoms with Gasteiger partial charge in [-0.25, -0.2) is 0 Å². The fourth-order valence-electron chi connectivity index (χ4n) is 2.83. The molecule has 1 aromatic carbocycles. The van der Waals surface area contributed by atoms with E-state index in [-0.39, 0.29) is 11.8 Å². The molecule has 0 aliphatic heterocycles. The van der Waals surface area contributed by atoms with E-state index < -0.39 is 5.97 Å². The molecule has 1 aliphatic carbocycles. The Morgan fingerprint density at radius 3 is 2.95 bits per heavy atom. The molecule has 0 saturated heterocycles. The van der Waals surface area contributed by atoms with Crippen molar-refractivity contribution in [2.75, 3.05) is 0 Å². The highest BCUT2D eigenvalue weighted by Gasteiger charge is 2.44. The molecule has 4 rings (SSSR count). The molecular weight excluding hydrogens is 240 g/mol. The number of nitrogens with zero attached hydrogens (tertiary/aromatic N) is 1. The summed E-state index contributed by atoms with van der Waals surface area (Å²) in [6, 6.07) is 8.12. The number of aromatic amines is 1. The fraction of sp³-hybridized carbons (Fsp3) is 0.200. The summed E-state index contributed by atoms with van der Waals surface area (Å²) in [5.74, 6) is -0.721. The molecule has 2 heterocycles. The lowest BCUT2D eigenvalue weighted by Gasteiger charge is -1.99. The number of nitrogens with one attached hydrogen (secondary N) is 1. The van der Waals surface area contributed by atoms with Crippen LogP contribution in [0.2, 0.25) is 0 Å². The zero-order chi connectivity index (χ0) is 13.0. The van der Waals surface area contributed by atoms with Crippen molar-refractivity contribution in [2.45, 2.75) is 12.3 Å². The molecule has 2 aromatic heterocycles. The topological polar surface area (TPSA) is 66.0 Å². The van der Waals surface area contributed by atoms with Gasteiger partial charge in [-0.05, 0) is 30.0 Å². The number of fused-ring (bicyclic) bond motifs is 3. The van der Waals surface area contributed by atoms with E-state index in [0.29, 0.717) is 0 Å². The van der Waals surface area contributed by atoms with Crippen LogP contribution in [-0.4, -0.2) is 21.0 Å². The summed E-state index contributed by atoms with van der Waals surface area (Å²) in [5.41, 5.74) is 3.23. The Morgan fingerprint density at radius 1 is 1.26 bits per heavy atom. The second kappa shape index (κ2) is 3.57. The van der Waals surface area contributed by atoms with Crippen LogP contribution in [0.1, 0.15) is 17.9 Å². The van der Waals surface area contributed by atoms with Crippen LogP contribution >= 0.6 is 0 Å². The summed E-state index contributed by atoms with van der Waals surface area (Å²) < 4.78 is 0. The number of carbonyl (C=O) groups is 1. The highest BCUT2D eigenvalue weighted by molar-refractivity contribution is 6.06. The predicted molar refractivity (Wildman–Crippen MR) is 72.1 cm³/mol. The average molecular weight is 252 g/mol. The standard InChI is InChI=1S/C15H12N2O2/c18-15(19)11-6-10(11)8-1-2-9-12-7-16-4-3-13(12)17-14(9)5-8/h1-5,7,10-11,17H,6H2,(H,18,19). The summed E-state index contributed by atoms with van der Waals surface area (Å²) in [6.07, 6.45) is 4.37. The van der Waals surface area contributed by atoms with Crippen molar-refractivity contribution < 1.29 is 9.90 Å². The van der Waals surface area contributed by atoms with Gasteiger partial charge in [0.25, 0.3) is 0 Å². The van der Waals surface area contributed by atoms with Crippen molar-refractivity contribution in [1.29, 1.82) is 0 Å². The SMILES string of the molecule is O=C(O)C1CC1c1ccc2c(c1)[nH]c1ccncc12. The summed E-state index contributed by atoms with van der Waals surface area (Å²) in [6.45, 7) is 0. The monoisotopic (exact) mass is 252 g/mol. The van der Waals surface area contributed by atoms with Crippen molar-refractivity contribution in [3.8, 4) is 0 Å². The molecule has 4 heteroatoms. The summed E-state index contributed by atoms with van der Waals surface area (Å²) in [4.78, 5) is 18.4. The van der Waals surface area contributed by atoms with E-state index in [1.807, 2.05) is 18.3 Å². The van der Waals surface area contributed by atoms with Gasteiger partial charge < -0.3 is 10.1 Å². The van der Waals surface area contributed by atoms with Gasteiger partial charge in [0.05, 0.1) is 5.92 Å². The number of rotatable bonds is 2. The first-order chi connectivity index (χ1) is 9.24. The molecular formula is C15H12N2O2. The number of benzene rings is 1. The van der Waals surface area contributed by atoms with Crippen LogP contribution in [0, 0.1) is 5.92 Å². The van der Waals surface area contributed by atoms with Crippen molar-refractivity contribution in [3.63, 3.8) is 0 Å². The number of aliphatic carboxylic acids is 1. The third-order valence-electron chi connectivity index (χ3n) is 3.96. The van der Waals surface area contributed by atoms with Crippen LogP contribution in [0.3, 0.4) is 0 Å². The van der Waals surface area contributed by atoms with Crippen LogP contribution < -0.4 is 0 Å². The van der Waals surface area contributed by atoms with Gasteiger partial charge in [-0.15, -0.1) is 0 Å². The fourth-order valence-corrected chi connectivity index (χ4v) is 2.83. The van der Waals surface area contributed by atoms with Gasteiger partial charge in [0.1, 0.15) is 0 Å². The van der Waals surface area contributed by atoms with Crippen molar-refractivity contribution in [1.82, 2.24) is 9.97 Å². The minimum atomic E-state index is -0.689. The largest absolute Gasteiger partial charge is 0.481 e.